The fourth-order valence-electron chi connectivity index (χ4n) is 2.75. The Kier molecular flexibility index (Phi) is 4.93. The maximum atomic E-state index is 13.2. The van der Waals surface area contributed by atoms with Gasteiger partial charge in [-0.3, -0.25) is 14.2 Å². The van der Waals surface area contributed by atoms with Crippen LogP contribution in [0.5, 0.6) is 0 Å². The molecule has 1 N–H and O–H groups in total. The molecule has 28 heavy (non-hydrogen) atoms. The highest BCUT2D eigenvalue weighted by Gasteiger charge is 2.13. The molecule has 2 aromatic heterocycles. The fraction of sp³-hybridized carbons (Fsp3) is 0.0500. The third-order valence-corrected chi connectivity index (χ3v) is 5.48. The van der Waals surface area contributed by atoms with Gasteiger partial charge in [0, 0.05) is 10.6 Å². The van der Waals surface area contributed by atoms with Crippen LogP contribution in [0.15, 0.2) is 65.7 Å². The number of amides is 1. The van der Waals surface area contributed by atoms with Crippen molar-refractivity contribution in [2.24, 2.45) is 0 Å². The highest BCUT2D eigenvalue weighted by atomic mass is 35.5. The number of aromatic nitrogens is 2. The maximum Gasteiger partial charge on any atom is 0.262 e. The van der Waals surface area contributed by atoms with Crippen molar-refractivity contribution in [3.05, 3.63) is 82.1 Å². The van der Waals surface area contributed by atoms with Gasteiger partial charge in [0.1, 0.15) is 17.2 Å². The maximum absolute atomic E-state index is 13.2. The van der Waals surface area contributed by atoms with E-state index in [4.69, 9.17) is 11.6 Å². The van der Waals surface area contributed by atoms with Crippen molar-refractivity contribution in [1.29, 1.82) is 0 Å². The predicted octanol–water partition coefficient (Wildman–Crippen LogP) is 4.56. The van der Waals surface area contributed by atoms with Gasteiger partial charge in [0.2, 0.25) is 5.91 Å². The molecular weight excluding hydrogens is 401 g/mol. The van der Waals surface area contributed by atoms with Crippen molar-refractivity contribution in [2.45, 2.75) is 6.54 Å². The van der Waals surface area contributed by atoms with Crippen molar-refractivity contribution >= 4 is 44.7 Å². The number of fused-ring (bicyclic) bond motifs is 1. The van der Waals surface area contributed by atoms with Gasteiger partial charge in [-0.15, -0.1) is 11.3 Å². The lowest BCUT2D eigenvalue weighted by atomic mass is 10.2. The molecule has 0 aliphatic carbocycles. The Morgan fingerprint density at radius 1 is 1.18 bits per heavy atom. The van der Waals surface area contributed by atoms with Crippen molar-refractivity contribution in [1.82, 2.24) is 9.55 Å². The number of carbonyl (C=O) groups excluding carboxylic acids is 1. The summed E-state index contributed by atoms with van der Waals surface area (Å²) in [5, 5.41) is 2.96. The van der Waals surface area contributed by atoms with Crippen LogP contribution < -0.4 is 10.9 Å². The standard InChI is InChI=1S/C20H13ClFN3O2S/c21-15-8-13(6-7-16(15)22)24-18(26)10-25-11-23-19-14(20(25)27)9-17(28-19)12-4-2-1-3-5-12/h1-9,11H,10H2,(H,24,26). The number of benzene rings is 2. The summed E-state index contributed by atoms with van der Waals surface area (Å²) < 4.78 is 14.5. The Hall–Kier alpha value is -3.03. The second-order valence-corrected chi connectivity index (χ2v) is 7.49. The minimum atomic E-state index is -0.572. The molecule has 0 aliphatic rings. The molecule has 0 saturated heterocycles. The Balaban J connectivity index is 1.58. The second kappa shape index (κ2) is 7.53. The fourth-order valence-corrected chi connectivity index (χ4v) is 3.92. The minimum absolute atomic E-state index is 0.0928. The number of anilines is 1. The zero-order chi connectivity index (χ0) is 19.7. The molecule has 0 aliphatic heterocycles. The zero-order valence-corrected chi connectivity index (χ0v) is 15.9. The van der Waals surface area contributed by atoms with E-state index in [-0.39, 0.29) is 17.1 Å². The third-order valence-electron chi connectivity index (χ3n) is 4.09. The topological polar surface area (TPSA) is 64.0 Å². The number of thiophene rings is 1. The summed E-state index contributed by atoms with van der Waals surface area (Å²) in [6, 6.07) is 15.4. The normalized spacial score (nSPS) is 10.9. The number of hydrogen-bond acceptors (Lipinski definition) is 4. The van der Waals surface area contributed by atoms with Crippen LogP contribution in [-0.4, -0.2) is 15.5 Å². The lowest BCUT2D eigenvalue weighted by molar-refractivity contribution is -0.116. The molecule has 140 valence electrons. The van der Waals surface area contributed by atoms with Crippen LogP contribution in [0.25, 0.3) is 20.7 Å². The quantitative estimate of drug-likeness (QED) is 0.533. The number of nitrogens with one attached hydrogen (secondary N) is 1. The van der Waals surface area contributed by atoms with E-state index in [1.807, 2.05) is 30.3 Å². The van der Waals surface area contributed by atoms with E-state index in [9.17, 15) is 14.0 Å². The highest BCUT2D eigenvalue weighted by Crippen LogP contribution is 2.30. The Bertz CT molecular complexity index is 1240. The van der Waals surface area contributed by atoms with E-state index in [1.165, 1.54) is 34.4 Å². The summed E-state index contributed by atoms with van der Waals surface area (Å²) >= 11 is 7.13. The number of halogens is 2. The summed E-state index contributed by atoms with van der Waals surface area (Å²) in [4.78, 5) is 30.9. The van der Waals surface area contributed by atoms with Crippen LogP contribution in [0.4, 0.5) is 10.1 Å². The SMILES string of the molecule is O=C(Cn1cnc2sc(-c3ccccc3)cc2c1=O)Nc1ccc(F)c(Cl)c1. The van der Waals surface area contributed by atoms with Crippen LogP contribution in [0.2, 0.25) is 5.02 Å². The molecule has 0 saturated carbocycles. The third kappa shape index (κ3) is 3.67. The molecule has 0 atom stereocenters. The Morgan fingerprint density at radius 2 is 1.96 bits per heavy atom. The Labute approximate surface area is 168 Å². The molecule has 1 amide bonds. The van der Waals surface area contributed by atoms with Gasteiger partial charge in [-0.05, 0) is 29.8 Å². The van der Waals surface area contributed by atoms with Crippen molar-refractivity contribution in [3.8, 4) is 10.4 Å². The molecule has 2 heterocycles. The largest absolute Gasteiger partial charge is 0.324 e. The summed E-state index contributed by atoms with van der Waals surface area (Å²) in [5.41, 5.74) is 1.05. The number of nitrogens with zero attached hydrogens (tertiary/aromatic N) is 2. The zero-order valence-electron chi connectivity index (χ0n) is 14.4. The van der Waals surface area contributed by atoms with Gasteiger partial charge < -0.3 is 5.32 Å². The van der Waals surface area contributed by atoms with E-state index in [0.717, 1.165) is 16.5 Å². The van der Waals surface area contributed by atoms with Crippen molar-refractivity contribution < 1.29 is 9.18 Å². The molecule has 4 rings (SSSR count). The molecule has 4 aromatic rings. The van der Waals surface area contributed by atoms with Crippen LogP contribution in [0, 0.1) is 5.82 Å². The molecule has 5 nitrogen and oxygen atoms in total. The first-order valence-electron chi connectivity index (χ1n) is 8.30. The average Bonchev–Trinajstić information content (AvgIpc) is 3.13. The van der Waals surface area contributed by atoms with E-state index >= 15 is 0 Å². The number of rotatable bonds is 4. The monoisotopic (exact) mass is 413 g/mol. The molecule has 0 bridgehead atoms. The lowest BCUT2D eigenvalue weighted by Gasteiger charge is -2.07. The van der Waals surface area contributed by atoms with Gasteiger partial charge in [-0.1, -0.05) is 41.9 Å². The first kappa shape index (κ1) is 18.3. The van der Waals surface area contributed by atoms with Crippen LogP contribution in [0.3, 0.4) is 0 Å². The smallest absolute Gasteiger partial charge is 0.262 e. The van der Waals surface area contributed by atoms with E-state index in [1.54, 1.807) is 6.07 Å². The van der Waals surface area contributed by atoms with Gasteiger partial charge in [-0.25, -0.2) is 9.37 Å². The van der Waals surface area contributed by atoms with Crippen LogP contribution in [-0.2, 0) is 11.3 Å². The first-order chi connectivity index (χ1) is 13.5. The van der Waals surface area contributed by atoms with E-state index < -0.39 is 11.7 Å². The first-order valence-corrected chi connectivity index (χ1v) is 9.50. The molecule has 0 fully saturated rings. The average molecular weight is 414 g/mol. The molecule has 0 unspecified atom stereocenters. The van der Waals surface area contributed by atoms with Gasteiger partial charge in [0.15, 0.2) is 0 Å². The van der Waals surface area contributed by atoms with Gasteiger partial charge in [-0.2, -0.15) is 0 Å². The van der Waals surface area contributed by atoms with E-state index in [2.05, 4.69) is 10.3 Å². The van der Waals surface area contributed by atoms with Gasteiger partial charge in [0.05, 0.1) is 16.7 Å². The van der Waals surface area contributed by atoms with Gasteiger partial charge in [0.25, 0.3) is 5.56 Å². The Morgan fingerprint density at radius 3 is 2.71 bits per heavy atom. The highest BCUT2D eigenvalue weighted by molar-refractivity contribution is 7.21. The van der Waals surface area contributed by atoms with Crippen molar-refractivity contribution in [2.75, 3.05) is 5.32 Å². The molecule has 0 radical (unpaired) electrons. The summed E-state index contributed by atoms with van der Waals surface area (Å²) in [6.45, 7) is -0.215. The molecule has 0 spiro atoms. The number of carbonyl (C=O) groups is 1. The van der Waals surface area contributed by atoms with Crippen LogP contribution >= 0.6 is 22.9 Å². The van der Waals surface area contributed by atoms with Crippen LogP contribution in [0.1, 0.15) is 0 Å². The predicted molar refractivity (Wildman–Crippen MR) is 109 cm³/mol. The molecular formula is C20H13ClFN3O2S. The van der Waals surface area contributed by atoms with Gasteiger partial charge >= 0.3 is 0 Å². The second-order valence-electron chi connectivity index (χ2n) is 6.05. The van der Waals surface area contributed by atoms with Crippen molar-refractivity contribution in [3.63, 3.8) is 0 Å². The summed E-state index contributed by atoms with van der Waals surface area (Å²) in [6.07, 6.45) is 1.35. The summed E-state index contributed by atoms with van der Waals surface area (Å²) in [7, 11) is 0. The van der Waals surface area contributed by atoms with E-state index in [0.29, 0.717) is 15.9 Å². The lowest BCUT2D eigenvalue weighted by Crippen LogP contribution is -2.27. The molecule has 2 aromatic carbocycles. The summed E-state index contributed by atoms with van der Waals surface area (Å²) in [5.74, 6) is -1.01. The minimum Gasteiger partial charge on any atom is -0.324 e. The molecule has 8 heteroatoms. The number of hydrogen-bond donors (Lipinski definition) is 1.